The molecule has 0 aliphatic carbocycles. The summed E-state index contributed by atoms with van der Waals surface area (Å²) >= 11 is 0. The van der Waals surface area contributed by atoms with Gasteiger partial charge in [0, 0.05) is 12.0 Å². The van der Waals surface area contributed by atoms with Crippen molar-refractivity contribution >= 4 is 12.3 Å². The number of hydrogen-bond acceptors (Lipinski definition) is 3. The summed E-state index contributed by atoms with van der Waals surface area (Å²) in [6.45, 7) is 1.75. The van der Waals surface area contributed by atoms with Crippen LogP contribution in [0.4, 0.5) is 0 Å². The van der Waals surface area contributed by atoms with Crippen LogP contribution < -0.4 is 5.73 Å². The normalized spacial score (nSPS) is 15.5. The summed E-state index contributed by atoms with van der Waals surface area (Å²) in [5, 5.41) is 8.33. The zero-order valence-corrected chi connectivity index (χ0v) is 6.49. The first-order valence-electron chi connectivity index (χ1n) is 3.49. The second kappa shape index (κ2) is 4.85. The van der Waals surface area contributed by atoms with E-state index in [0.717, 1.165) is 0 Å². The monoisotopic (exact) mass is 159 g/mol. The molecule has 4 nitrogen and oxygen atoms in total. The smallest absolute Gasteiger partial charge is 0.304 e. The third-order valence-corrected chi connectivity index (χ3v) is 1.30. The largest absolute Gasteiger partial charge is 0.481 e. The average Bonchev–Trinajstić information content (AvgIpc) is 1.84. The van der Waals surface area contributed by atoms with Gasteiger partial charge in [0.1, 0.15) is 6.29 Å². The lowest BCUT2D eigenvalue weighted by atomic mass is 9.99. The summed E-state index contributed by atoms with van der Waals surface area (Å²) in [6.07, 6.45) is 0.971. The van der Waals surface area contributed by atoms with Crippen LogP contribution in [0.15, 0.2) is 0 Å². The second-order valence-corrected chi connectivity index (χ2v) is 2.71. The molecule has 0 aromatic heterocycles. The van der Waals surface area contributed by atoms with Crippen LogP contribution in [0, 0.1) is 5.92 Å². The number of aldehydes is 1. The molecule has 0 aliphatic rings. The number of carboxylic acid groups (broad SMARTS) is 1. The zero-order valence-electron chi connectivity index (χ0n) is 6.49. The maximum atomic E-state index is 10.3. The Morgan fingerprint density at radius 2 is 2.27 bits per heavy atom. The molecule has 2 atom stereocenters. The molecule has 4 heteroatoms. The second-order valence-electron chi connectivity index (χ2n) is 2.71. The highest BCUT2D eigenvalue weighted by atomic mass is 16.4. The summed E-state index contributed by atoms with van der Waals surface area (Å²) in [5.74, 6) is -1.39. The van der Waals surface area contributed by atoms with Crippen molar-refractivity contribution in [2.45, 2.75) is 25.8 Å². The maximum Gasteiger partial charge on any atom is 0.304 e. The number of carbonyl (C=O) groups excluding carboxylic acids is 1. The fourth-order valence-corrected chi connectivity index (χ4v) is 0.889. The van der Waals surface area contributed by atoms with Gasteiger partial charge >= 0.3 is 5.97 Å². The molecule has 0 aromatic rings. The van der Waals surface area contributed by atoms with E-state index in [0.29, 0.717) is 12.7 Å². The molecule has 0 rings (SSSR count). The van der Waals surface area contributed by atoms with Gasteiger partial charge in [0.2, 0.25) is 0 Å². The van der Waals surface area contributed by atoms with E-state index in [1.54, 1.807) is 6.92 Å². The van der Waals surface area contributed by atoms with Crippen molar-refractivity contribution in [1.29, 1.82) is 0 Å². The maximum absolute atomic E-state index is 10.3. The Bertz CT molecular complexity index is 145. The highest BCUT2D eigenvalue weighted by molar-refractivity contribution is 5.71. The number of rotatable bonds is 5. The van der Waals surface area contributed by atoms with Gasteiger partial charge in [-0.3, -0.25) is 4.79 Å². The third-order valence-electron chi connectivity index (χ3n) is 1.30. The van der Waals surface area contributed by atoms with Gasteiger partial charge < -0.3 is 15.6 Å². The lowest BCUT2D eigenvalue weighted by Crippen LogP contribution is -2.22. The van der Waals surface area contributed by atoms with Gasteiger partial charge in [-0.25, -0.2) is 0 Å². The van der Waals surface area contributed by atoms with Crippen LogP contribution in [0.3, 0.4) is 0 Å². The molecule has 0 bridgehead atoms. The average molecular weight is 159 g/mol. The van der Waals surface area contributed by atoms with Crippen molar-refractivity contribution in [2.24, 2.45) is 11.7 Å². The van der Waals surface area contributed by atoms with E-state index in [-0.39, 0.29) is 12.5 Å². The summed E-state index contributed by atoms with van der Waals surface area (Å²) in [5.41, 5.74) is 5.39. The number of nitrogens with two attached hydrogens (primary N) is 1. The van der Waals surface area contributed by atoms with Crippen LogP contribution in [0.1, 0.15) is 19.8 Å². The summed E-state index contributed by atoms with van der Waals surface area (Å²) in [4.78, 5) is 20.4. The lowest BCUT2D eigenvalue weighted by molar-refractivity contribution is -0.139. The molecular formula is C7H13NO3. The van der Waals surface area contributed by atoms with Crippen molar-refractivity contribution in [2.75, 3.05) is 0 Å². The summed E-state index contributed by atoms with van der Waals surface area (Å²) in [7, 11) is 0. The Balaban J connectivity index is 3.76. The molecule has 0 spiro atoms. The van der Waals surface area contributed by atoms with E-state index in [1.165, 1.54) is 0 Å². The molecule has 0 fully saturated rings. The molecule has 0 saturated heterocycles. The Kier molecular flexibility index (Phi) is 4.45. The van der Waals surface area contributed by atoms with E-state index < -0.39 is 11.9 Å². The van der Waals surface area contributed by atoms with E-state index >= 15 is 0 Å². The van der Waals surface area contributed by atoms with Gasteiger partial charge in [-0.1, -0.05) is 0 Å². The van der Waals surface area contributed by atoms with Crippen molar-refractivity contribution in [3.63, 3.8) is 0 Å². The van der Waals surface area contributed by atoms with Crippen molar-refractivity contribution in [3.05, 3.63) is 0 Å². The minimum atomic E-state index is -0.956. The molecule has 2 unspecified atom stereocenters. The van der Waals surface area contributed by atoms with Crippen molar-refractivity contribution in [1.82, 2.24) is 0 Å². The molecule has 0 radical (unpaired) electrons. The zero-order chi connectivity index (χ0) is 8.85. The van der Waals surface area contributed by atoms with Gasteiger partial charge in [-0.15, -0.1) is 0 Å². The van der Waals surface area contributed by atoms with E-state index in [4.69, 9.17) is 10.8 Å². The van der Waals surface area contributed by atoms with E-state index in [9.17, 15) is 9.59 Å². The molecule has 64 valence electrons. The van der Waals surface area contributed by atoms with Gasteiger partial charge in [0.05, 0.1) is 6.42 Å². The Labute approximate surface area is 65.4 Å². The summed E-state index contributed by atoms with van der Waals surface area (Å²) < 4.78 is 0. The Morgan fingerprint density at radius 1 is 1.73 bits per heavy atom. The van der Waals surface area contributed by atoms with Crippen LogP contribution in [0.5, 0.6) is 0 Å². The quantitative estimate of drug-likeness (QED) is 0.554. The first kappa shape index (κ1) is 10.1. The first-order valence-corrected chi connectivity index (χ1v) is 3.49. The number of aliphatic carboxylic acids is 1. The topological polar surface area (TPSA) is 80.4 Å². The van der Waals surface area contributed by atoms with Crippen LogP contribution in [0.2, 0.25) is 0 Å². The molecule has 0 aromatic carbocycles. The van der Waals surface area contributed by atoms with Crippen LogP contribution in [-0.4, -0.2) is 23.4 Å². The minimum Gasteiger partial charge on any atom is -0.481 e. The highest BCUT2D eigenvalue weighted by Gasteiger charge is 2.13. The molecule has 0 saturated carbocycles. The molecule has 0 amide bonds. The predicted octanol–water partition coefficient (Wildman–Crippen LogP) is 0.0135. The molecule has 11 heavy (non-hydrogen) atoms. The highest BCUT2D eigenvalue weighted by Crippen LogP contribution is 2.06. The van der Waals surface area contributed by atoms with Gasteiger partial charge in [-0.05, 0) is 13.3 Å². The van der Waals surface area contributed by atoms with Gasteiger partial charge in [-0.2, -0.15) is 0 Å². The first-order chi connectivity index (χ1) is 5.06. The number of carbonyl (C=O) groups is 2. The summed E-state index contributed by atoms with van der Waals surface area (Å²) in [6, 6.07) is -0.121. The van der Waals surface area contributed by atoms with Gasteiger partial charge in [0.15, 0.2) is 0 Å². The standard InChI is InChI=1S/C7H13NO3/c1-5(8)2-6(4-9)3-7(10)11/h4-6H,2-3,8H2,1H3,(H,10,11). The number of carboxylic acids is 1. The van der Waals surface area contributed by atoms with Crippen LogP contribution in [-0.2, 0) is 9.59 Å². The van der Waals surface area contributed by atoms with E-state index in [2.05, 4.69) is 0 Å². The van der Waals surface area contributed by atoms with Crippen molar-refractivity contribution in [3.8, 4) is 0 Å². The van der Waals surface area contributed by atoms with Crippen LogP contribution in [0.25, 0.3) is 0 Å². The van der Waals surface area contributed by atoms with E-state index in [1.807, 2.05) is 0 Å². The SMILES string of the molecule is CC(N)CC(C=O)CC(=O)O. The predicted molar refractivity (Wildman–Crippen MR) is 40.1 cm³/mol. The van der Waals surface area contributed by atoms with Crippen LogP contribution >= 0.6 is 0 Å². The minimum absolute atomic E-state index is 0.120. The third kappa shape index (κ3) is 5.54. The molecule has 0 aliphatic heterocycles. The lowest BCUT2D eigenvalue weighted by Gasteiger charge is -2.09. The van der Waals surface area contributed by atoms with Crippen molar-refractivity contribution < 1.29 is 14.7 Å². The number of hydrogen-bond donors (Lipinski definition) is 2. The Hall–Kier alpha value is -0.900. The fourth-order valence-electron chi connectivity index (χ4n) is 0.889. The molecule has 0 heterocycles. The Morgan fingerprint density at radius 3 is 2.55 bits per heavy atom. The van der Waals surface area contributed by atoms with Gasteiger partial charge in [0.25, 0.3) is 0 Å². The fraction of sp³-hybridized carbons (Fsp3) is 0.714. The molecular weight excluding hydrogens is 146 g/mol. The molecule has 3 N–H and O–H groups in total.